The van der Waals surface area contributed by atoms with E-state index < -0.39 is 0 Å². The van der Waals surface area contributed by atoms with Gasteiger partial charge in [0.1, 0.15) is 0 Å². The van der Waals surface area contributed by atoms with E-state index in [1.165, 1.54) is 29.8 Å². The molecule has 0 saturated heterocycles. The number of fused-ring (bicyclic) bond motifs is 1. The molecule has 1 aliphatic rings. The number of hydrogen-bond acceptors (Lipinski definition) is 3. The average molecular weight is 281 g/mol. The SMILES string of the molecule is CC(C)C(C)NC(=O)Nc1nc2c(s1)CCCCC2. The Morgan fingerprint density at radius 3 is 2.68 bits per heavy atom. The Kier molecular flexibility index (Phi) is 4.80. The Hall–Kier alpha value is -1.10. The van der Waals surface area contributed by atoms with E-state index in [4.69, 9.17) is 0 Å². The standard InChI is InChI=1S/C14H23N3OS/c1-9(2)10(3)15-13(18)17-14-16-11-7-5-4-6-8-12(11)19-14/h9-10H,4-8H2,1-3H3,(H2,15,16,17,18). The molecular weight excluding hydrogens is 258 g/mol. The molecule has 0 spiro atoms. The molecule has 19 heavy (non-hydrogen) atoms. The monoisotopic (exact) mass is 281 g/mol. The van der Waals surface area contributed by atoms with Gasteiger partial charge in [-0.2, -0.15) is 0 Å². The molecule has 1 unspecified atom stereocenters. The van der Waals surface area contributed by atoms with Gasteiger partial charge in [-0.15, -0.1) is 11.3 Å². The minimum absolute atomic E-state index is 0.148. The van der Waals surface area contributed by atoms with Crippen LogP contribution in [0.3, 0.4) is 0 Å². The van der Waals surface area contributed by atoms with Crippen molar-refractivity contribution in [2.24, 2.45) is 5.92 Å². The highest BCUT2D eigenvalue weighted by Crippen LogP contribution is 2.28. The van der Waals surface area contributed by atoms with Crippen LogP contribution < -0.4 is 10.6 Å². The van der Waals surface area contributed by atoms with Crippen molar-refractivity contribution in [3.05, 3.63) is 10.6 Å². The lowest BCUT2D eigenvalue weighted by Gasteiger charge is -2.17. The first-order chi connectivity index (χ1) is 9.06. The third kappa shape index (κ3) is 3.93. The second-order valence-electron chi connectivity index (χ2n) is 5.58. The second kappa shape index (κ2) is 6.37. The molecule has 2 N–H and O–H groups in total. The Bertz CT molecular complexity index is 418. The number of urea groups is 1. The molecule has 106 valence electrons. The van der Waals surface area contributed by atoms with Gasteiger partial charge in [0.25, 0.3) is 0 Å². The number of amides is 2. The lowest BCUT2D eigenvalue weighted by molar-refractivity contribution is 0.246. The lowest BCUT2D eigenvalue weighted by atomic mass is 10.1. The molecule has 1 aromatic heterocycles. The fraction of sp³-hybridized carbons (Fsp3) is 0.714. The summed E-state index contributed by atoms with van der Waals surface area (Å²) in [6, 6.07) is 0.0166. The van der Waals surface area contributed by atoms with Crippen LogP contribution in [-0.4, -0.2) is 17.1 Å². The molecule has 2 amide bonds. The van der Waals surface area contributed by atoms with Gasteiger partial charge < -0.3 is 5.32 Å². The minimum Gasteiger partial charge on any atom is -0.335 e. The van der Waals surface area contributed by atoms with Crippen molar-refractivity contribution in [1.29, 1.82) is 0 Å². The molecule has 0 radical (unpaired) electrons. The van der Waals surface area contributed by atoms with Crippen LogP contribution in [-0.2, 0) is 12.8 Å². The van der Waals surface area contributed by atoms with Gasteiger partial charge in [0.15, 0.2) is 5.13 Å². The number of carbonyl (C=O) groups excluding carboxylic acids is 1. The summed E-state index contributed by atoms with van der Waals surface area (Å²) in [5.74, 6) is 0.429. The summed E-state index contributed by atoms with van der Waals surface area (Å²) in [5.41, 5.74) is 1.19. The van der Waals surface area contributed by atoms with Gasteiger partial charge in [-0.3, -0.25) is 5.32 Å². The molecule has 1 aliphatic carbocycles. The number of nitrogens with one attached hydrogen (secondary N) is 2. The van der Waals surface area contributed by atoms with Crippen molar-refractivity contribution in [3.8, 4) is 0 Å². The molecule has 5 heteroatoms. The molecule has 2 rings (SSSR count). The van der Waals surface area contributed by atoms with Crippen LogP contribution in [0.2, 0.25) is 0 Å². The summed E-state index contributed by atoms with van der Waals surface area (Å²) in [4.78, 5) is 17.8. The maximum atomic E-state index is 11.9. The third-order valence-corrected chi connectivity index (χ3v) is 4.75. The Morgan fingerprint density at radius 2 is 1.95 bits per heavy atom. The molecule has 0 bridgehead atoms. The van der Waals surface area contributed by atoms with Crippen LogP contribution >= 0.6 is 11.3 Å². The van der Waals surface area contributed by atoms with E-state index in [2.05, 4.69) is 29.5 Å². The van der Waals surface area contributed by atoms with Gasteiger partial charge in [-0.25, -0.2) is 9.78 Å². The van der Waals surface area contributed by atoms with Gasteiger partial charge in [0.2, 0.25) is 0 Å². The molecule has 0 fully saturated rings. The number of aromatic nitrogens is 1. The van der Waals surface area contributed by atoms with Crippen LogP contribution in [0.1, 0.15) is 50.6 Å². The lowest BCUT2D eigenvalue weighted by Crippen LogP contribution is -2.38. The van der Waals surface area contributed by atoms with Crippen molar-refractivity contribution in [2.75, 3.05) is 5.32 Å². The van der Waals surface area contributed by atoms with Crippen molar-refractivity contribution >= 4 is 22.5 Å². The van der Waals surface area contributed by atoms with Crippen molar-refractivity contribution < 1.29 is 4.79 Å². The van der Waals surface area contributed by atoms with E-state index >= 15 is 0 Å². The van der Waals surface area contributed by atoms with E-state index in [0.29, 0.717) is 5.92 Å². The Morgan fingerprint density at radius 1 is 1.21 bits per heavy atom. The zero-order valence-corrected chi connectivity index (χ0v) is 12.8. The van der Waals surface area contributed by atoms with Crippen LogP contribution in [0.4, 0.5) is 9.93 Å². The molecule has 4 nitrogen and oxygen atoms in total. The summed E-state index contributed by atoms with van der Waals surface area (Å²) in [5, 5.41) is 6.54. The number of rotatable bonds is 3. The molecule has 1 aromatic rings. The van der Waals surface area contributed by atoms with Gasteiger partial charge >= 0.3 is 6.03 Å². The van der Waals surface area contributed by atoms with Gasteiger partial charge in [0, 0.05) is 10.9 Å². The minimum atomic E-state index is -0.148. The molecule has 1 atom stereocenters. The van der Waals surface area contributed by atoms with E-state index in [1.807, 2.05) is 6.92 Å². The largest absolute Gasteiger partial charge is 0.335 e. The molecule has 0 aliphatic heterocycles. The smallest absolute Gasteiger partial charge is 0.321 e. The molecule has 1 heterocycles. The highest BCUT2D eigenvalue weighted by molar-refractivity contribution is 7.15. The first-order valence-corrected chi connectivity index (χ1v) is 7.94. The first-order valence-electron chi connectivity index (χ1n) is 7.12. The highest BCUT2D eigenvalue weighted by Gasteiger charge is 2.16. The van der Waals surface area contributed by atoms with E-state index in [0.717, 1.165) is 18.0 Å². The number of carbonyl (C=O) groups is 1. The van der Waals surface area contributed by atoms with Crippen LogP contribution in [0.25, 0.3) is 0 Å². The van der Waals surface area contributed by atoms with Gasteiger partial charge in [-0.05, 0) is 38.5 Å². The fourth-order valence-corrected chi connectivity index (χ4v) is 3.13. The van der Waals surface area contributed by atoms with Crippen LogP contribution in [0, 0.1) is 5.92 Å². The first kappa shape index (κ1) is 14.3. The van der Waals surface area contributed by atoms with Crippen LogP contribution in [0.5, 0.6) is 0 Å². The summed E-state index contributed by atoms with van der Waals surface area (Å²) < 4.78 is 0. The maximum absolute atomic E-state index is 11.9. The van der Waals surface area contributed by atoms with Crippen molar-refractivity contribution in [1.82, 2.24) is 10.3 Å². The van der Waals surface area contributed by atoms with E-state index in [9.17, 15) is 4.79 Å². The number of aryl methyl sites for hydroxylation is 2. The predicted molar refractivity (Wildman–Crippen MR) is 79.8 cm³/mol. The maximum Gasteiger partial charge on any atom is 0.321 e. The highest BCUT2D eigenvalue weighted by atomic mass is 32.1. The number of nitrogens with zero attached hydrogens (tertiary/aromatic N) is 1. The second-order valence-corrected chi connectivity index (χ2v) is 6.66. The number of anilines is 1. The Balaban J connectivity index is 1.94. The summed E-state index contributed by atoms with van der Waals surface area (Å²) in [7, 11) is 0. The van der Waals surface area contributed by atoms with Crippen molar-refractivity contribution in [3.63, 3.8) is 0 Å². The normalized spacial score (nSPS) is 16.6. The summed E-state index contributed by atoms with van der Waals surface area (Å²) in [6.45, 7) is 6.20. The summed E-state index contributed by atoms with van der Waals surface area (Å²) >= 11 is 1.63. The van der Waals surface area contributed by atoms with Gasteiger partial charge in [0.05, 0.1) is 5.69 Å². The zero-order valence-electron chi connectivity index (χ0n) is 12.0. The quantitative estimate of drug-likeness (QED) is 0.832. The molecule has 0 saturated carbocycles. The number of hydrogen-bond donors (Lipinski definition) is 2. The molecule has 0 aromatic carbocycles. The van der Waals surface area contributed by atoms with E-state index in [-0.39, 0.29) is 12.1 Å². The predicted octanol–water partition coefficient (Wildman–Crippen LogP) is 3.58. The average Bonchev–Trinajstić information content (AvgIpc) is 2.58. The molecular formula is C14H23N3OS. The summed E-state index contributed by atoms with van der Waals surface area (Å²) in [6.07, 6.45) is 5.91. The fourth-order valence-electron chi connectivity index (χ4n) is 2.09. The topological polar surface area (TPSA) is 54.0 Å². The zero-order chi connectivity index (χ0) is 13.8. The van der Waals surface area contributed by atoms with Crippen molar-refractivity contribution in [2.45, 2.75) is 58.9 Å². The van der Waals surface area contributed by atoms with Crippen LogP contribution in [0.15, 0.2) is 0 Å². The number of thiazole rings is 1. The van der Waals surface area contributed by atoms with E-state index in [1.54, 1.807) is 11.3 Å². The third-order valence-electron chi connectivity index (χ3n) is 3.67. The Labute approximate surface area is 119 Å². The van der Waals surface area contributed by atoms with Gasteiger partial charge in [-0.1, -0.05) is 20.3 Å².